The quantitative estimate of drug-likeness (QED) is 0.352. The van der Waals surface area contributed by atoms with Crippen LogP contribution in [-0.4, -0.2) is 23.1 Å². The van der Waals surface area contributed by atoms with Crippen molar-refractivity contribution < 1.29 is 9.53 Å². The Morgan fingerprint density at radius 1 is 0.926 bits per heavy atom. The summed E-state index contributed by atoms with van der Waals surface area (Å²) in [4.78, 5) is 13.4. The SMILES string of the molecule is O=C(c1cccc2ccccc12)c1cn(CCC[C@H]2CO2)c2ccccc12. The number of benzene rings is 3. The lowest BCUT2D eigenvalue weighted by molar-refractivity contribution is 0.104. The van der Waals surface area contributed by atoms with Gasteiger partial charge in [0.1, 0.15) is 0 Å². The van der Waals surface area contributed by atoms with Crippen LogP contribution >= 0.6 is 0 Å². The van der Waals surface area contributed by atoms with Crippen LogP contribution in [0, 0.1) is 0 Å². The summed E-state index contributed by atoms with van der Waals surface area (Å²) in [6.07, 6.45) is 4.62. The Labute approximate surface area is 158 Å². The highest BCUT2D eigenvalue weighted by molar-refractivity contribution is 6.21. The van der Waals surface area contributed by atoms with Gasteiger partial charge in [-0.1, -0.05) is 60.7 Å². The molecule has 134 valence electrons. The zero-order chi connectivity index (χ0) is 18.2. The van der Waals surface area contributed by atoms with Gasteiger partial charge in [0.25, 0.3) is 0 Å². The number of aryl methyl sites for hydroxylation is 1. The summed E-state index contributed by atoms with van der Waals surface area (Å²) < 4.78 is 7.53. The normalized spacial score (nSPS) is 16.1. The van der Waals surface area contributed by atoms with Gasteiger partial charge in [0, 0.05) is 34.8 Å². The molecule has 0 N–H and O–H groups in total. The van der Waals surface area contributed by atoms with Crippen molar-refractivity contribution >= 4 is 27.5 Å². The van der Waals surface area contributed by atoms with Crippen molar-refractivity contribution in [1.82, 2.24) is 4.57 Å². The number of epoxide rings is 1. The highest BCUT2D eigenvalue weighted by atomic mass is 16.6. The third-order valence-corrected chi connectivity index (χ3v) is 5.39. The summed E-state index contributed by atoms with van der Waals surface area (Å²) in [6, 6.07) is 22.2. The van der Waals surface area contributed by atoms with Gasteiger partial charge in [-0.15, -0.1) is 0 Å². The van der Waals surface area contributed by atoms with Crippen LogP contribution in [0.3, 0.4) is 0 Å². The van der Waals surface area contributed by atoms with Gasteiger partial charge in [0.05, 0.1) is 12.7 Å². The van der Waals surface area contributed by atoms with Crippen LogP contribution in [0.2, 0.25) is 0 Å². The molecule has 3 heteroatoms. The van der Waals surface area contributed by atoms with Crippen molar-refractivity contribution in [1.29, 1.82) is 0 Å². The number of carbonyl (C=O) groups is 1. The average molecular weight is 355 g/mol. The molecule has 0 bridgehead atoms. The number of para-hydroxylation sites is 1. The van der Waals surface area contributed by atoms with E-state index in [0.717, 1.165) is 58.8 Å². The fourth-order valence-corrected chi connectivity index (χ4v) is 3.91. The molecular weight excluding hydrogens is 334 g/mol. The molecule has 1 aliphatic rings. The summed E-state index contributed by atoms with van der Waals surface area (Å²) in [5, 5.41) is 3.13. The number of carbonyl (C=O) groups excluding carboxylic acids is 1. The third-order valence-electron chi connectivity index (χ3n) is 5.39. The number of nitrogens with zero attached hydrogens (tertiary/aromatic N) is 1. The highest BCUT2D eigenvalue weighted by Gasteiger charge is 2.22. The lowest BCUT2D eigenvalue weighted by Crippen LogP contribution is -2.02. The fraction of sp³-hybridized carbons (Fsp3) is 0.208. The maximum atomic E-state index is 13.4. The first kappa shape index (κ1) is 16.3. The molecule has 5 rings (SSSR count). The van der Waals surface area contributed by atoms with Gasteiger partial charge < -0.3 is 9.30 Å². The summed E-state index contributed by atoms with van der Waals surface area (Å²) >= 11 is 0. The van der Waals surface area contributed by atoms with E-state index < -0.39 is 0 Å². The van der Waals surface area contributed by atoms with E-state index in [2.05, 4.69) is 22.8 Å². The molecule has 4 aromatic rings. The molecule has 0 amide bonds. The Morgan fingerprint density at radius 3 is 2.52 bits per heavy atom. The smallest absolute Gasteiger partial charge is 0.195 e. The number of hydrogen-bond donors (Lipinski definition) is 0. The van der Waals surface area contributed by atoms with Crippen LogP contribution in [0.25, 0.3) is 21.7 Å². The number of ketones is 1. The standard InChI is InChI=1S/C24H21NO2/c26-24(21-12-5-8-17-7-1-2-10-19(17)21)22-15-25(14-6-9-18-16-27-18)23-13-4-3-11-20(22)23/h1-5,7-8,10-13,15,18H,6,9,14,16H2/t18-/m0/s1. The van der Waals surface area contributed by atoms with E-state index in [0.29, 0.717) is 6.10 Å². The lowest BCUT2D eigenvalue weighted by atomic mass is 9.97. The second-order valence-corrected chi connectivity index (χ2v) is 7.21. The predicted molar refractivity (Wildman–Crippen MR) is 108 cm³/mol. The van der Waals surface area contributed by atoms with Gasteiger partial charge in [0.2, 0.25) is 0 Å². The lowest BCUT2D eigenvalue weighted by Gasteiger charge is -2.05. The minimum atomic E-state index is 0.0901. The molecule has 1 aliphatic heterocycles. The Kier molecular flexibility index (Phi) is 4.02. The molecule has 2 heterocycles. The first-order valence-corrected chi connectivity index (χ1v) is 9.53. The Balaban J connectivity index is 1.56. The topological polar surface area (TPSA) is 34.5 Å². The van der Waals surface area contributed by atoms with Crippen molar-refractivity contribution in [3.8, 4) is 0 Å². The van der Waals surface area contributed by atoms with Gasteiger partial charge in [-0.2, -0.15) is 0 Å². The molecule has 0 spiro atoms. The second-order valence-electron chi connectivity index (χ2n) is 7.21. The van der Waals surface area contributed by atoms with Crippen LogP contribution < -0.4 is 0 Å². The molecule has 0 aliphatic carbocycles. The molecule has 27 heavy (non-hydrogen) atoms. The van der Waals surface area contributed by atoms with E-state index >= 15 is 0 Å². The van der Waals surface area contributed by atoms with Crippen molar-refractivity contribution in [2.45, 2.75) is 25.5 Å². The van der Waals surface area contributed by atoms with Crippen LogP contribution in [0.1, 0.15) is 28.8 Å². The summed E-state index contributed by atoms with van der Waals surface area (Å²) in [5.41, 5.74) is 2.67. The summed E-state index contributed by atoms with van der Waals surface area (Å²) in [5.74, 6) is 0.0901. The van der Waals surface area contributed by atoms with Crippen LogP contribution in [-0.2, 0) is 11.3 Å². The first-order chi connectivity index (χ1) is 13.3. The number of aromatic nitrogens is 1. The van der Waals surface area contributed by atoms with Gasteiger partial charge in [-0.3, -0.25) is 4.79 Å². The number of hydrogen-bond acceptors (Lipinski definition) is 2. The molecule has 3 aromatic carbocycles. The summed E-state index contributed by atoms with van der Waals surface area (Å²) in [7, 11) is 0. The molecule has 1 aromatic heterocycles. The van der Waals surface area contributed by atoms with E-state index in [1.807, 2.05) is 54.7 Å². The van der Waals surface area contributed by atoms with Crippen LogP contribution in [0.4, 0.5) is 0 Å². The van der Waals surface area contributed by atoms with Gasteiger partial charge in [0.15, 0.2) is 5.78 Å². The largest absolute Gasteiger partial charge is 0.373 e. The molecule has 1 fully saturated rings. The van der Waals surface area contributed by atoms with Crippen molar-refractivity contribution in [3.05, 3.63) is 84.1 Å². The third kappa shape index (κ3) is 3.04. The molecular formula is C24H21NO2. The van der Waals surface area contributed by atoms with E-state index in [9.17, 15) is 4.79 Å². The molecule has 0 radical (unpaired) electrons. The van der Waals surface area contributed by atoms with Crippen LogP contribution in [0.15, 0.2) is 72.9 Å². The van der Waals surface area contributed by atoms with Gasteiger partial charge in [-0.05, 0) is 29.7 Å². The number of rotatable bonds is 6. The van der Waals surface area contributed by atoms with Crippen molar-refractivity contribution in [2.24, 2.45) is 0 Å². The van der Waals surface area contributed by atoms with Crippen molar-refractivity contribution in [3.63, 3.8) is 0 Å². The molecule has 1 atom stereocenters. The minimum Gasteiger partial charge on any atom is -0.373 e. The monoisotopic (exact) mass is 355 g/mol. The Morgan fingerprint density at radius 2 is 1.67 bits per heavy atom. The minimum absolute atomic E-state index is 0.0901. The van der Waals surface area contributed by atoms with Crippen molar-refractivity contribution in [2.75, 3.05) is 6.61 Å². The van der Waals surface area contributed by atoms with E-state index in [4.69, 9.17) is 4.74 Å². The van der Waals surface area contributed by atoms with E-state index in [1.165, 1.54) is 0 Å². The van der Waals surface area contributed by atoms with E-state index in [-0.39, 0.29) is 5.78 Å². The second kappa shape index (κ2) is 6.67. The highest BCUT2D eigenvalue weighted by Crippen LogP contribution is 2.28. The molecule has 0 saturated carbocycles. The predicted octanol–water partition coefficient (Wildman–Crippen LogP) is 5.20. The first-order valence-electron chi connectivity index (χ1n) is 9.53. The number of fused-ring (bicyclic) bond motifs is 2. The maximum Gasteiger partial charge on any atom is 0.195 e. The fourth-order valence-electron chi connectivity index (χ4n) is 3.91. The zero-order valence-electron chi connectivity index (χ0n) is 15.1. The molecule has 0 unspecified atom stereocenters. The Bertz CT molecular complexity index is 1130. The van der Waals surface area contributed by atoms with Crippen LogP contribution in [0.5, 0.6) is 0 Å². The number of ether oxygens (including phenoxy) is 1. The molecule has 1 saturated heterocycles. The van der Waals surface area contributed by atoms with E-state index in [1.54, 1.807) is 0 Å². The maximum absolute atomic E-state index is 13.4. The molecule has 3 nitrogen and oxygen atoms in total. The zero-order valence-corrected chi connectivity index (χ0v) is 15.1. The Hall–Kier alpha value is -2.91. The average Bonchev–Trinajstić information content (AvgIpc) is 3.47. The van der Waals surface area contributed by atoms with Gasteiger partial charge >= 0.3 is 0 Å². The summed E-state index contributed by atoms with van der Waals surface area (Å²) in [6.45, 7) is 1.81. The van der Waals surface area contributed by atoms with Gasteiger partial charge in [-0.25, -0.2) is 0 Å².